The molecule has 0 saturated heterocycles. The van der Waals surface area contributed by atoms with Crippen LogP contribution in [0.1, 0.15) is 288 Å². The number of unbranched alkanes of at least 4 members (excludes halogenated alkanes) is 38. The average molecular weight is 876 g/mol. The molecule has 0 radical (unpaired) electrons. The first-order valence-corrected chi connectivity index (χ1v) is 27.6. The van der Waals surface area contributed by atoms with Gasteiger partial charge < -0.3 is 19.9 Å². The van der Waals surface area contributed by atoms with Crippen LogP contribution < -0.4 is 14.8 Å². The molecular weight excluding hydrogens is 775 g/mol. The van der Waals surface area contributed by atoms with E-state index in [0.717, 1.165) is 48.7 Å². The minimum Gasteiger partial charge on any atom is -0.494 e. The van der Waals surface area contributed by atoms with Gasteiger partial charge in [-0.2, -0.15) is 0 Å². The summed E-state index contributed by atoms with van der Waals surface area (Å²) in [6.07, 6.45) is 54.3. The third-order valence-corrected chi connectivity index (χ3v) is 13.2. The Labute approximate surface area is 390 Å². The van der Waals surface area contributed by atoms with E-state index >= 15 is 0 Å². The molecule has 0 spiro atoms. The molecule has 0 aromatic heterocycles. The first-order valence-electron chi connectivity index (χ1n) is 27.6. The second-order valence-electron chi connectivity index (χ2n) is 19.2. The van der Waals surface area contributed by atoms with Crippen molar-refractivity contribution in [3.05, 3.63) is 59.7 Å². The van der Waals surface area contributed by atoms with Gasteiger partial charge in [-0.05, 0) is 48.2 Å². The molecule has 362 valence electrons. The Balaban J connectivity index is 1.44. The average Bonchev–Trinajstić information content (AvgIpc) is 3.29. The summed E-state index contributed by atoms with van der Waals surface area (Å²) in [6, 6.07) is 15.3. The molecule has 0 atom stereocenters. The van der Waals surface area contributed by atoms with E-state index in [-0.39, 0.29) is 0 Å². The third kappa shape index (κ3) is 34.3. The van der Waals surface area contributed by atoms with Crippen LogP contribution >= 0.6 is 0 Å². The Hall–Kier alpha value is -2.69. The van der Waals surface area contributed by atoms with Gasteiger partial charge >= 0.3 is 6.09 Å². The smallest absolute Gasteiger partial charge is 0.405 e. The van der Waals surface area contributed by atoms with Crippen LogP contribution in [0.4, 0.5) is 4.79 Å². The summed E-state index contributed by atoms with van der Waals surface area (Å²) in [7, 11) is 0. The van der Waals surface area contributed by atoms with Crippen molar-refractivity contribution in [2.45, 2.75) is 277 Å². The highest BCUT2D eigenvalue weighted by molar-refractivity contribution is 5.66. The predicted octanol–water partition coefficient (Wildman–Crippen LogP) is 19.4. The second-order valence-corrected chi connectivity index (χ2v) is 19.2. The lowest BCUT2D eigenvalue weighted by atomic mass is 9.98. The maximum absolute atomic E-state index is 11.7. The van der Waals surface area contributed by atoms with E-state index in [1.54, 1.807) is 0 Å². The Morgan fingerprint density at radius 3 is 0.778 bits per heavy atom. The second kappa shape index (κ2) is 43.2. The van der Waals surface area contributed by atoms with Crippen molar-refractivity contribution in [1.29, 1.82) is 0 Å². The van der Waals surface area contributed by atoms with Gasteiger partial charge in [-0.15, -0.1) is 0 Å². The molecule has 5 heteroatoms. The number of hydrogen-bond donors (Lipinski definition) is 2. The lowest BCUT2D eigenvalue weighted by Gasteiger charge is -2.19. The minimum atomic E-state index is -1.04. The number of benzene rings is 2. The molecule has 5 nitrogen and oxygen atoms in total. The number of nitrogens with one attached hydrogen (secondary N) is 1. The Kier molecular flexibility index (Phi) is 38.7. The molecule has 0 aliphatic carbocycles. The topological polar surface area (TPSA) is 67.8 Å². The van der Waals surface area contributed by atoms with E-state index < -0.39 is 12.1 Å². The standard InChI is InChI=1S/C58H101NO4/c1-3-5-7-9-11-13-15-17-19-21-23-25-27-29-31-33-35-37-39-41-51-62-55-47-43-53(44-48-55)57(59-58(60)61)54-45-49-56(50-46-54)63-52-42-40-38-36-34-32-30-28-26-24-22-20-18-16-14-12-10-8-6-4-2/h43-50,57,59H,3-42,51-52H2,1-2H3,(H,60,61). The number of carbonyl (C=O) groups is 1. The van der Waals surface area contributed by atoms with Gasteiger partial charge in [-0.1, -0.05) is 282 Å². The third-order valence-electron chi connectivity index (χ3n) is 13.2. The molecule has 63 heavy (non-hydrogen) atoms. The van der Waals surface area contributed by atoms with Crippen LogP contribution in [0.5, 0.6) is 11.5 Å². The molecule has 0 unspecified atom stereocenters. The molecule has 0 aliphatic heterocycles. The fourth-order valence-electron chi connectivity index (χ4n) is 9.09. The van der Waals surface area contributed by atoms with Gasteiger partial charge in [0.1, 0.15) is 11.5 Å². The zero-order chi connectivity index (χ0) is 44.9. The summed E-state index contributed by atoms with van der Waals surface area (Å²) < 4.78 is 12.1. The molecule has 2 N–H and O–H groups in total. The van der Waals surface area contributed by atoms with Crippen LogP contribution in [0, 0.1) is 0 Å². The van der Waals surface area contributed by atoms with Gasteiger partial charge in [0, 0.05) is 0 Å². The first kappa shape index (κ1) is 56.4. The molecule has 0 aliphatic rings. The van der Waals surface area contributed by atoms with Crippen molar-refractivity contribution in [3.8, 4) is 11.5 Å². The van der Waals surface area contributed by atoms with Crippen molar-refractivity contribution in [3.63, 3.8) is 0 Å². The van der Waals surface area contributed by atoms with Gasteiger partial charge in [0.05, 0.1) is 19.3 Å². The summed E-state index contributed by atoms with van der Waals surface area (Å²) in [5.74, 6) is 1.67. The van der Waals surface area contributed by atoms with E-state index in [2.05, 4.69) is 19.2 Å². The molecule has 2 aromatic carbocycles. The summed E-state index contributed by atoms with van der Waals surface area (Å²) in [5.41, 5.74) is 1.78. The molecule has 2 rings (SSSR count). The van der Waals surface area contributed by atoms with Crippen LogP contribution in [-0.2, 0) is 0 Å². The lowest BCUT2D eigenvalue weighted by molar-refractivity contribution is 0.191. The molecule has 2 aromatic rings. The van der Waals surface area contributed by atoms with Gasteiger partial charge in [-0.25, -0.2) is 4.79 Å². The van der Waals surface area contributed by atoms with Gasteiger partial charge in [-0.3, -0.25) is 0 Å². The highest BCUT2D eigenvalue weighted by Gasteiger charge is 2.17. The van der Waals surface area contributed by atoms with Gasteiger partial charge in [0.15, 0.2) is 0 Å². The highest BCUT2D eigenvalue weighted by atomic mass is 16.5. The summed E-state index contributed by atoms with van der Waals surface area (Å²) in [4.78, 5) is 11.7. The normalized spacial score (nSPS) is 11.4. The van der Waals surface area contributed by atoms with Crippen molar-refractivity contribution in [2.24, 2.45) is 0 Å². The number of rotatable bonds is 47. The Morgan fingerprint density at radius 2 is 0.571 bits per heavy atom. The fraction of sp³-hybridized carbons (Fsp3) is 0.776. The van der Waals surface area contributed by atoms with Crippen molar-refractivity contribution < 1.29 is 19.4 Å². The maximum Gasteiger partial charge on any atom is 0.405 e. The zero-order valence-electron chi connectivity index (χ0n) is 41.6. The van der Waals surface area contributed by atoms with Crippen molar-refractivity contribution >= 4 is 6.09 Å². The molecule has 0 fully saturated rings. The SMILES string of the molecule is CCCCCCCCCCCCCCCCCCCCCCOc1ccc(C(NC(=O)O)c2ccc(OCCCCCCCCCCCCCCCCCCCCCC)cc2)cc1. The van der Waals surface area contributed by atoms with Crippen LogP contribution in [0.25, 0.3) is 0 Å². The van der Waals surface area contributed by atoms with Crippen LogP contribution in [0.3, 0.4) is 0 Å². The first-order chi connectivity index (χ1) is 31.1. The summed E-state index contributed by atoms with van der Waals surface area (Å²) >= 11 is 0. The Morgan fingerprint density at radius 1 is 0.365 bits per heavy atom. The van der Waals surface area contributed by atoms with E-state index in [4.69, 9.17) is 9.47 Å². The largest absolute Gasteiger partial charge is 0.494 e. The van der Waals surface area contributed by atoms with Crippen LogP contribution in [-0.4, -0.2) is 24.4 Å². The molecular formula is C58H101NO4. The highest BCUT2D eigenvalue weighted by Crippen LogP contribution is 2.27. The van der Waals surface area contributed by atoms with Crippen LogP contribution in [0.15, 0.2) is 48.5 Å². The zero-order valence-corrected chi connectivity index (χ0v) is 41.6. The van der Waals surface area contributed by atoms with E-state index in [9.17, 15) is 9.90 Å². The summed E-state index contributed by atoms with van der Waals surface area (Å²) in [5, 5.41) is 12.3. The number of ether oxygens (including phenoxy) is 2. The number of amides is 1. The van der Waals surface area contributed by atoms with E-state index in [1.165, 1.54) is 244 Å². The molecule has 0 saturated carbocycles. The molecule has 0 bridgehead atoms. The molecule has 1 amide bonds. The van der Waals surface area contributed by atoms with E-state index in [0.29, 0.717) is 0 Å². The van der Waals surface area contributed by atoms with Gasteiger partial charge in [0.25, 0.3) is 0 Å². The van der Waals surface area contributed by atoms with Crippen LogP contribution in [0.2, 0.25) is 0 Å². The number of hydrogen-bond acceptors (Lipinski definition) is 3. The summed E-state index contributed by atoms with van der Waals surface area (Å²) in [6.45, 7) is 6.03. The number of carboxylic acid groups (broad SMARTS) is 1. The lowest BCUT2D eigenvalue weighted by Crippen LogP contribution is -2.27. The Bertz CT molecular complexity index is 1160. The van der Waals surface area contributed by atoms with E-state index in [1.807, 2.05) is 48.5 Å². The fourth-order valence-corrected chi connectivity index (χ4v) is 9.09. The monoisotopic (exact) mass is 876 g/mol. The maximum atomic E-state index is 11.7. The van der Waals surface area contributed by atoms with Gasteiger partial charge in [0.2, 0.25) is 0 Å². The quantitative estimate of drug-likeness (QED) is 0.0650. The van der Waals surface area contributed by atoms with Crippen molar-refractivity contribution in [1.82, 2.24) is 5.32 Å². The van der Waals surface area contributed by atoms with Crippen molar-refractivity contribution in [2.75, 3.05) is 13.2 Å². The minimum absolute atomic E-state index is 0.459. The molecule has 0 heterocycles. The predicted molar refractivity (Wildman–Crippen MR) is 273 cm³/mol.